The number of hydrogen-bond donors (Lipinski definition) is 0. The van der Waals surface area contributed by atoms with Crippen LogP contribution in [-0.2, 0) is 6.42 Å². The van der Waals surface area contributed by atoms with Gasteiger partial charge in [0.25, 0.3) is 0 Å². The lowest BCUT2D eigenvalue weighted by Gasteiger charge is -1.96. The van der Waals surface area contributed by atoms with E-state index in [1.165, 1.54) is 34.7 Å². The molecule has 1 radical (unpaired) electrons. The van der Waals surface area contributed by atoms with Crippen LogP contribution in [0.4, 0.5) is 0 Å². The fourth-order valence-electron chi connectivity index (χ4n) is 0.969. The van der Waals surface area contributed by atoms with Gasteiger partial charge < -0.3 is 0 Å². The molecule has 0 nitrogen and oxygen atoms in total. The average molecular weight is 149 g/mol. The van der Waals surface area contributed by atoms with Crippen LogP contribution in [0, 0.1) is 6.07 Å². The van der Waals surface area contributed by atoms with Crippen LogP contribution < -0.4 is 0 Å². The molecule has 53 valence electrons. The third-order valence-corrected chi connectivity index (χ3v) is 2.31. The molecule has 0 amide bonds. The molecular formula is C9H13Si. The molecule has 0 saturated carbocycles. The molecule has 0 bridgehead atoms. The molecule has 0 saturated heterocycles. The Hall–Kier alpha value is -0.563. The van der Waals surface area contributed by atoms with Crippen molar-refractivity contribution in [2.24, 2.45) is 0 Å². The quantitative estimate of drug-likeness (QED) is 0.567. The van der Waals surface area contributed by atoms with Crippen molar-refractivity contribution in [2.75, 3.05) is 0 Å². The van der Waals surface area contributed by atoms with Crippen molar-refractivity contribution in [3.63, 3.8) is 0 Å². The molecule has 0 atom stereocenters. The molecule has 0 N–H and O–H groups in total. The van der Waals surface area contributed by atoms with Crippen molar-refractivity contribution in [1.29, 1.82) is 0 Å². The topological polar surface area (TPSA) is 0 Å². The van der Waals surface area contributed by atoms with Gasteiger partial charge >= 0.3 is 0 Å². The molecule has 0 unspecified atom stereocenters. The van der Waals surface area contributed by atoms with Gasteiger partial charge in [-0.25, -0.2) is 0 Å². The highest BCUT2D eigenvalue weighted by molar-refractivity contribution is 6.08. The molecular weight excluding hydrogens is 136 g/mol. The maximum atomic E-state index is 3.02. The Kier molecular flexibility index (Phi) is 3.23. The van der Waals surface area contributed by atoms with Crippen molar-refractivity contribution >= 4 is 10.2 Å². The van der Waals surface area contributed by atoms with Crippen LogP contribution >= 0.6 is 0 Å². The van der Waals surface area contributed by atoms with Gasteiger partial charge in [-0.2, -0.15) is 0 Å². The first kappa shape index (κ1) is 7.54. The molecule has 1 heteroatoms. The molecule has 1 aromatic rings. The molecule has 0 fully saturated rings. The van der Waals surface area contributed by atoms with E-state index in [0.717, 1.165) is 0 Å². The Morgan fingerprint density at radius 3 is 2.60 bits per heavy atom. The normalized spacial score (nSPS) is 10.0. The Labute approximate surface area is 65.7 Å². The van der Waals surface area contributed by atoms with E-state index in [0.29, 0.717) is 0 Å². The second kappa shape index (κ2) is 4.28. The van der Waals surface area contributed by atoms with Crippen molar-refractivity contribution < 1.29 is 0 Å². The summed E-state index contributed by atoms with van der Waals surface area (Å²) in [4.78, 5) is 0. The molecule has 1 aromatic carbocycles. The first-order valence-electron chi connectivity index (χ1n) is 3.88. The zero-order valence-electron chi connectivity index (χ0n) is 6.43. The van der Waals surface area contributed by atoms with Gasteiger partial charge in [-0.05, 0) is 18.1 Å². The minimum absolute atomic E-state index is 1.25. The maximum Gasteiger partial charge on any atom is 0.00281 e. The summed E-state index contributed by atoms with van der Waals surface area (Å²) in [5.74, 6) is 0. The monoisotopic (exact) mass is 149 g/mol. The summed E-state index contributed by atoms with van der Waals surface area (Å²) >= 11 is 0. The van der Waals surface area contributed by atoms with Crippen molar-refractivity contribution in [3.8, 4) is 0 Å². The van der Waals surface area contributed by atoms with Gasteiger partial charge in [-0.1, -0.05) is 36.7 Å². The smallest absolute Gasteiger partial charge is 0.00281 e. The van der Waals surface area contributed by atoms with E-state index in [9.17, 15) is 0 Å². The van der Waals surface area contributed by atoms with Crippen LogP contribution in [0.3, 0.4) is 0 Å². The highest BCUT2D eigenvalue weighted by atomic mass is 28.1. The van der Waals surface area contributed by atoms with Gasteiger partial charge in [0.05, 0.1) is 0 Å². The van der Waals surface area contributed by atoms with Crippen LogP contribution in [0.5, 0.6) is 0 Å². The van der Waals surface area contributed by atoms with Gasteiger partial charge in [0.15, 0.2) is 0 Å². The van der Waals surface area contributed by atoms with Crippen molar-refractivity contribution in [3.05, 3.63) is 35.9 Å². The van der Waals surface area contributed by atoms with Crippen LogP contribution in [0.1, 0.15) is 12.0 Å². The highest BCUT2D eigenvalue weighted by Crippen LogP contribution is 2.02. The number of benzene rings is 1. The van der Waals surface area contributed by atoms with Gasteiger partial charge in [0.1, 0.15) is 0 Å². The molecule has 0 spiro atoms. The molecule has 0 aliphatic heterocycles. The Morgan fingerprint density at radius 1 is 1.30 bits per heavy atom. The standard InChI is InChI=1S/C9H13Si/c10-8-4-7-9-5-2-1-3-6-9/h2-3,5-6H,4,7-8H2,10H3. The van der Waals surface area contributed by atoms with E-state index in [-0.39, 0.29) is 0 Å². The lowest BCUT2D eigenvalue weighted by Crippen LogP contribution is -1.82. The summed E-state index contributed by atoms with van der Waals surface area (Å²) in [6, 6.07) is 12.7. The van der Waals surface area contributed by atoms with E-state index >= 15 is 0 Å². The van der Waals surface area contributed by atoms with E-state index in [2.05, 4.69) is 18.2 Å². The molecule has 0 aliphatic rings. The number of rotatable bonds is 3. The minimum atomic E-state index is 1.25. The summed E-state index contributed by atoms with van der Waals surface area (Å²) in [6.45, 7) is 0. The van der Waals surface area contributed by atoms with E-state index in [1.54, 1.807) is 0 Å². The number of aryl methyl sites for hydroxylation is 1. The summed E-state index contributed by atoms with van der Waals surface area (Å²) < 4.78 is 0. The Balaban J connectivity index is 2.43. The second-order valence-electron chi connectivity index (χ2n) is 2.51. The zero-order valence-corrected chi connectivity index (χ0v) is 8.43. The summed E-state index contributed by atoms with van der Waals surface area (Å²) in [7, 11) is 1.34. The van der Waals surface area contributed by atoms with Gasteiger partial charge in [0, 0.05) is 10.2 Å². The predicted molar refractivity (Wildman–Crippen MR) is 48.3 cm³/mol. The fourth-order valence-corrected chi connectivity index (χ4v) is 1.32. The van der Waals surface area contributed by atoms with Crippen LogP contribution in [0.25, 0.3) is 0 Å². The molecule has 0 heterocycles. The molecule has 0 aromatic heterocycles. The van der Waals surface area contributed by atoms with Gasteiger partial charge in [-0.15, -0.1) is 0 Å². The van der Waals surface area contributed by atoms with Crippen LogP contribution in [0.15, 0.2) is 24.3 Å². The van der Waals surface area contributed by atoms with Gasteiger partial charge in [-0.3, -0.25) is 0 Å². The summed E-state index contributed by atoms with van der Waals surface area (Å²) in [6.07, 6.45) is 2.61. The molecule has 1 rings (SSSR count). The predicted octanol–water partition coefficient (Wildman–Crippen LogP) is 1.20. The third kappa shape index (κ3) is 2.36. The second-order valence-corrected chi connectivity index (χ2v) is 3.51. The Bertz CT molecular complexity index is 169. The van der Waals surface area contributed by atoms with Crippen molar-refractivity contribution in [2.45, 2.75) is 18.9 Å². The van der Waals surface area contributed by atoms with Crippen LogP contribution in [0.2, 0.25) is 6.04 Å². The van der Waals surface area contributed by atoms with E-state index < -0.39 is 0 Å². The maximum absolute atomic E-state index is 3.02. The molecule has 0 aliphatic carbocycles. The third-order valence-electron chi connectivity index (χ3n) is 1.61. The lowest BCUT2D eigenvalue weighted by atomic mass is 10.1. The highest BCUT2D eigenvalue weighted by Gasteiger charge is 1.87. The fraction of sp³-hybridized carbons (Fsp3) is 0.333. The molecule has 10 heavy (non-hydrogen) atoms. The first-order valence-corrected chi connectivity index (χ1v) is 5.30. The van der Waals surface area contributed by atoms with Crippen LogP contribution in [-0.4, -0.2) is 10.2 Å². The first-order chi connectivity index (χ1) is 4.93. The van der Waals surface area contributed by atoms with E-state index in [1.807, 2.05) is 12.1 Å². The summed E-state index contributed by atoms with van der Waals surface area (Å²) in [5.41, 5.74) is 1.45. The van der Waals surface area contributed by atoms with Gasteiger partial charge in [0.2, 0.25) is 0 Å². The Morgan fingerprint density at radius 2 is 2.00 bits per heavy atom. The average Bonchev–Trinajstić information content (AvgIpc) is 2.03. The zero-order chi connectivity index (χ0) is 7.23. The summed E-state index contributed by atoms with van der Waals surface area (Å²) in [5, 5.41) is 0. The largest absolute Gasteiger partial charge is 0.0655 e. The van der Waals surface area contributed by atoms with Crippen molar-refractivity contribution in [1.82, 2.24) is 0 Å². The minimum Gasteiger partial charge on any atom is -0.0655 e. The SMILES string of the molecule is [SiH3]CCCc1cc[c]cc1. The number of hydrogen-bond acceptors (Lipinski definition) is 0. The van der Waals surface area contributed by atoms with E-state index in [4.69, 9.17) is 0 Å². The lowest BCUT2D eigenvalue weighted by molar-refractivity contribution is 0.919.